The molecule has 28 heavy (non-hydrogen) atoms. The van der Waals surface area contributed by atoms with E-state index in [9.17, 15) is 18.3 Å². The van der Waals surface area contributed by atoms with Gasteiger partial charge in [0.1, 0.15) is 0 Å². The number of H-pyrrole nitrogens is 1. The molecule has 0 aliphatic carbocycles. The van der Waals surface area contributed by atoms with Gasteiger partial charge in [-0.2, -0.15) is 18.3 Å². The summed E-state index contributed by atoms with van der Waals surface area (Å²) >= 11 is 0. The molecule has 5 nitrogen and oxygen atoms in total. The lowest BCUT2D eigenvalue weighted by Gasteiger charge is -2.45. The minimum absolute atomic E-state index is 0.324. The van der Waals surface area contributed by atoms with E-state index in [0.29, 0.717) is 44.0 Å². The number of nitrogens with one attached hydrogen (secondary N) is 2. The molecule has 1 atom stereocenters. The summed E-state index contributed by atoms with van der Waals surface area (Å²) < 4.78 is 43.7. The molecular weight excluding hydrogens is 371 g/mol. The lowest BCUT2D eigenvalue weighted by molar-refractivity contribution is -0.149. The van der Waals surface area contributed by atoms with Gasteiger partial charge >= 0.3 is 6.18 Å². The number of benzene rings is 1. The highest BCUT2D eigenvalue weighted by Crippen LogP contribution is 2.37. The number of rotatable bonds is 6. The maximum atomic E-state index is 12.7. The fraction of sp³-hybridized carbons (Fsp3) is 0.550. The van der Waals surface area contributed by atoms with Crippen molar-refractivity contribution in [1.82, 2.24) is 15.5 Å². The molecule has 1 saturated heterocycles. The third-order valence-electron chi connectivity index (χ3n) is 5.58. The first kappa shape index (κ1) is 20.8. The third-order valence-corrected chi connectivity index (χ3v) is 5.58. The number of alkyl halides is 3. The molecule has 2 heterocycles. The van der Waals surface area contributed by atoms with Crippen LogP contribution in [0.25, 0.3) is 11.3 Å². The first-order chi connectivity index (χ1) is 13.1. The number of hydrogen-bond donors (Lipinski definition) is 3. The summed E-state index contributed by atoms with van der Waals surface area (Å²) in [5, 5.41) is 21.1. The molecule has 2 aromatic rings. The average Bonchev–Trinajstić information content (AvgIpc) is 3.10. The van der Waals surface area contributed by atoms with E-state index in [1.54, 1.807) is 6.20 Å². The first-order valence-electron chi connectivity index (χ1n) is 9.33. The Morgan fingerprint density at radius 1 is 1.25 bits per heavy atom. The van der Waals surface area contributed by atoms with Crippen LogP contribution in [0, 0.1) is 5.41 Å². The molecule has 1 aliphatic rings. The van der Waals surface area contributed by atoms with Crippen LogP contribution in [0.5, 0.6) is 0 Å². The Labute approximate surface area is 162 Å². The summed E-state index contributed by atoms with van der Waals surface area (Å²) in [5.74, 6) is 0. The molecular formula is C20H26F3N3O2. The summed E-state index contributed by atoms with van der Waals surface area (Å²) in [6.07, 6.45) is -1.17. The molecule has 0 radical (unpaired) electrons. The van der Waals surface area contributed by atoms with E-state index in [4.69, 9.17) is 4.74 Å². The van der Waals surface area contributed by atoms with Crippen LogP contribution < -0.4 is 5.32 Å². The van der Waals surface area contributed by atoms with Crippen LogP contribution in [0.1, 0.15) is 37.8 Å². The molecule has 1 aromatic heterocycles. The van der Waals surface area contributed by atoms with Crippen LogP contribution in [0.4, 0.5) is 13.2 Å². The van der Waals surface area contributed by atoms with Gasteiger partial charge in [0, 0.05) is 30.7 Å². The standard InChI is InChI=1S/C20H26F3N3O2/c1-18(2,19(27)8-3-9-28-13-19)12-24-10-15-11-25-26-17(15)14-4-6-16(7-5-14)20(21,22)23/h4-7,11,24,27H,3,8-10,12-13H2,1-2H3,(H,25,26). The van der Waals surface area contributed by atoms with Crippen LogP contribution in [-0.2, 0) is 17.5 Å². The number of aromatic amines is 1. The highest BCUT2D eigenvalue weighted by atomic mass is 19.4. The highest BCUT2D eigenvalue weighted by molar-refractivity contribution is 5.63. The summed E-state index contributed by atoms with van der Waals surface area (Å²) in [6.45, 7) is 6.04. The van der Waals surface area contributed by atoms with Crippen molar-refractivity contribution in [3.8, 4) is 11.3 Å². The third kappa shape index (κ3) is 4.39. The maximum Gasteiger partial charge on any atom is 0.416 e. The van der Waals surface area contributed by atoms with Crippen LogP contribution in [0.2, 0.25) is 0 Å². The van der Waals surface area contributed by atoms with Crippen LogP contribution >= 0.6 is 0 Å². The monoisotopic (exact) mass is 397 g/mol. The summed E-state index contributed by atoms with van der Waals surface area (Å²) in [6, 6.07) is 5.00. The van der Waals surface area contributed by atoms with E-state index in [1.807, 2.05) is 13.8 Å². The molecule has 0 spiro atoms. The number of halogens is 3. The fourth-order valence-electron chi connectivity index (χ4n) is 3.51. The second-order valence-corrected chi connectivity index (χ2v) is 8.02. The minimum atomic E-state index is -4.36. The van der Waals surface area contributed by atoms with Gasteiger partial charge < -0.3 is 15.2 Å². The Bertz CT molecular complexity index is 779. The smallest absolute Gasteiger partial charge is 0.387 e. The fourth-order valence-corrected chi connectivity index (χ4v) is 3.51. The lowest BCUT2D eigenvalue weighted by atomic mass is 9.72. The predicted octanol–water partition coefficient (Wildman–Crippen LogP) is 3.75. The van der Waals surface area contributed by atoms with Crippen molar-refractivity contribution < 1.29 is 23.0 Å². The van der Waals surface area contributed by atoms with Crippen molar-refractivity contribution >= 4 is 0 Å². The van der Waals surface area contributed by atoms with Crippen molar-refractivity contribution in [3.05, 3.63) is 41.6 Å². The topological polar surface area (TPSA) is 70.2 Å². The molecule has 8 heteroatoms. The molecule has 154 valence electrons. The van der Waals surface area contributed by atoms with Crippen LogP contribution in [0.3, 0.4) is 0 Å². The second-order valence-electron chi connectivity index (χ2n) is 8.02. The minimum Gasteiger partial charge on any atom is -0.387 e. The van der Waals surface area contributed by atoms with Crippen molar-refractivity contribution in [2.75, 3.05) is 19.8 Å². The first-order valence-corrected chi connectivity index (χ1v) is 9.33. The Hall–Kier alpha value is -1.90. The second kappa shape index (κ2) is 7.85. The number of hydrogen-bond acceptors (Lipinski definition) is 4. The predicted molar refractivity (Wildman–Crippen MR) is 99.5 cm³/mol. The lowest BCUT2D eigenvalue weighted by Crippen LogP contribution is -2.54. The van der Waals surface area contributed by atoms with E-state index in [-0.39, 0.29) is 0 Å². The van der Waals surface area contributed by atoms with Crippen LogP contribution in [-0.4, -0.2) is 40.7 Å². The quantitative estimate of drug-likeness (QED) is 0.694. The number of aromatic nitrogens is 2. The van der Waals surface area contributed by atoms with Gasteiger partial charge in [0.15, 0.2) is 0 Å². The number of nitrogens with zero attached hydrogens (tertiary/aromatic N) is 1. The Morgan fingerprint density at radius 2 is 1.96 bits per heavy atom. The summed E-state index contributed by atoms with van der Waals surface area (Å²) in [4.78, 5) is 0. The van der Waals surface area contributed by atoms with E-state index >= 15 is 0 Å². The van der Waals surface area contributed by atoms with Gasteiger partial charge in [-0.3, -0.25) is 5.10 Å². The molecule has 1 aromatic carbocycles. The zero-order valence-electron chi connectivity index (χ0n) is 16.1. The largest absolute Gasteiger partial charge is 0.416 e. The van der Waals surface area contributed by atoms with Gasteiger partial charge in [0.05, 0.1) is 29.7 Å². The van der Waals surface area contributed by atoms with E-state index < -0.39 is 22.8 Å². The van der Waals surface area contributed by atoms with Gasteiger partial charge in [-0.1, -0.05) is 26.0 Å². The number of ether oxygens (including phenoxy) is 1. The van der Waals surface area contributed by atoms with Crippen molar-refractivity contribution in [1.29, 1.82) is 0 Å². The van der Waals surface area contributed by atoms with Crippen molar-refractivity contribution in [2.45, 2.75) is 45.0 Å². The summed E-state index contributed by atoms with van der Waals surface area (Å²) in [5.41, 5.74) is 0.207. The van der Waals surface area contributed by atoms with E-state index in [2.05, 4.69) is 15.5 Å². The molecule has 1 aliphatic heterocycles. The highest BCUT2D eigenvalue weighted by Gasteiger charge is 2.44. The average molecular weight is 397 g/mol. The SMILES string of the molecule is CC(C)(CNCc1cn[nH]c1-c1ccc(C(F)(F)F)cc1)C1(O)CCCOC1. The maximum absolute atomic E-state index is 12.7. The zero-order chi connectivity index (χ0) is 20.4. The van der Waals surface area contributed by atoms with Crippen molar-refractivity contribution in [2.24, 2.45) is 5.41 Å². The van der Waals surface area contributed by atoms with Gasteiger partial charge in [-0.15, -0.1) is 0 Å². The summed E-state index contributed by atoms with van der Waals surface area (Å²) in [7, 11) is 0. The van der Waals surface area contributed by atoms with E-state index in [0.717, 1.165) is 24.1 Å². The van der Waals surface area contributed by atoms with Gasteiger partial charge in [0.25, 0.3) is 0 Å². The number of aliphatic hydroxyl groups is 1. The van der Waals surface area contributed by atoms with Crippen LogP contribution in [0.15, 0.2) is 30.5 Å². The zero-order valence-corrected chi connectivity index (χ0v) is 16.1. The Morgan fingerprint density at radius 3 is 2.57 bits per heavy atom. The normalized spacial score (nSPS) is 21.1. The molecule has 3 rings (SSSR count). The molecule has 1 fully saturated rings. The van der Waals surface area contributed by atoms with Gasteiger partial charge in [-0.25, -0.2) is 0 Å². The van der Waals surface area contributed by atoms with Gasteiger partial charge in [-0.05, 0) is 30.5 Å². The molecule has 0 saturated carbocycles. The van der Waals surface area contributed by atoms with Gasteiger partial charge in [0.2, 0.25) is 0 Å². The molecule has 0 bridgehead atoms. The van der Waals surface area contributed by atoms with Crippen molar-refractivity contribution in [3.63, 3.8) is 0 Å². The van der Waals surface area contributed by atoms with E-state index in [1.165, 1.54) is 12.1 Å². The Kier molecular flexibility index (Phi) is 5.84. The Balaban J connectivity index is 1.65. The molecule has 3 N–H and O–H groups in total. The molecule has 0 amide bonds. The molecule has 1 unspecified atom stereocenters.